The van der Waals surface area contributed by atoms with Gasteiger partial charge in [0.1, 0.15) is 0 Å². The third-order valence-corrected chi connectivity index (χ3v) is 4.90. The van der Waals surface area contributed by atoms with Crippen LogP contribution in [0, 0.1) is 0 Å². The normalized spacial score (nSPS) is 26.9. The van der Waals surface area contributed by atoms with Gasteiger partial charge in [-0.25, -0.2) is 0 Å². The molecule has 0 aromatic carbocycles. The number of rotatable bonds is 2. The Labute approximate surface area is 124 Å². The van der Waals surface area contributed by atoms with Crippen LogP contribution in [0.2, 0.25) is 0 Å². The van der Waals surface area contributed by atoms with Gasteiger partial charge in [0.15, 0.2) is 0 Å². The SMILES string of the molecule is CN(C)C(=O)C1CCCN1C1CCN(C(C)(C)C)CC1. The van der Waals surface area contributed by atoms with Crippen LogP contribution < -0.4 is 0 Å². The van der Waals surface area contributed by atoms with Gasteiger partial charge in [-0.3, -0.25) is 14.6 Å². The number of likely N-dealkylation sites (tertiary alicyclic amines) is 2. The molecular weight excluding hydrogens is 250 g/mol. The van der Waals surface area contributed by atoms with Gasteiger partial charge in [0.25, 0.3) is 0 Å². The first-order valence-electron chi connectivity index (χ1n) is 8.02. The molecule has 1 atom stereocenters. The Morgan fingerprint density at radius 3 is 2.15 bits per heavy atom. The van der Waals surface area contributed by atoms with Crippen molar-refractivity contribution in [2.75, 3.05) is 33.7 Å². The molecule has 2 saturated heterocycles. The highest BCUT2D eigenvalue weighted by Crippen LogP contribution is 2.29. The number of piperidine rings is 1. The molecule has 1 amide bonds. The highest BCUT2D eigenvalue weighted by Gasteiger charge is 2.38. The number of likely N-dealkylation sites (N-methyl/N-ethyl adjacent to an activating group) is 1. The monoisotopic (exact) mass is 281 g/mol. The fraction of sp³-hybridized carbons (Fsp3) is 0.938. The summed E-state index contributed by atoms with van der Waals surface area (Å²) in [5.41, 5.74) is 0.273. The number of carbonyl (C=O) groups is 1. The molecule has 1 unspecified atom stereocenters. The van der Waals surface area contributed by atoms with Crippen molar-refractivity contribution < 1.29 is 4.79 Å². The van der Waals surface area contributed by atoms with E-state index in [9.17, 15) is 4.79 Å². The van der Waals surface area contributed by atoms with Crippen molar-refractivity contribution in [3.8, 4) is 0 Å². The molecule has 0 aromatic heterocycles. The second kappa shape index (κ2) is 6.02. The molecule has 4 heteroatoms. The molecule has 116 valence electrons. The Morgan fingerprint density at radius 1 is 1.05 bits per heavy atom. The smallest absolute Gasteiger partial charge is 0.239 e. The summed E-state index contributed by atoms with van der Waals surface area (Å²) in [6.45, 7) is 10.3. The van der Waals surface area contributed by atoms with Crippen molar-refractivity contribution >= 4 is 5.91 Å². The molecule has 2 heterocycles. The molecule has 2 rings (SSSR count). The van der Waals surface area contributed by atoms with E-state index in [-0.39, 0.29) is 11.6 Å². The lowest BCUT2D eigenvalue weighted by atomic mass is 9.96. The standard InChI is InChI=1S/C16H31N3O/c1-16(2,3)18-11-8-13(9-12-18)19-10-6-7-14(19)15(20)17(4)5/h13-14H,6-12H2,1-5H3. The quantitative estimate of drug-likeness (QED) is 0.772. The average molecular weight is 281 g/mol. The first-order chi connectivity index (χ1) is 9.30. The van der Waals surface area contributed by atoms with Gasteiger partial charge in [0, 0.05) is 38.8 Å². The van der Waals surface area contributed by atoms with E-state index >= 15 is 0 Å². The predicted molar refractivity (Wildman–Crippen MR) is 82.8 cm³/mol. The Bertz CT molecular complexity index is 340. The first kappa shape index (κ1) is 15.8. The predicted octanol–water partition coefficient (Wildman–Crippen LogP) is 1.80. The molecule has 0 saturated carbocycles. The third-order valence-electron chi connectivity index (χ3n) is 4.90. The maximum atomic E-state index is 12.3. The zero-order valence-electron chi connectivity index (χ0n) is 13.9. The van der Waals surface area contributed by atoms with Crippen molar-refractivity contribution in [1.29, 1.82) is 0 Å². The van der Waals surface area contributed by atoms with Gasteiger partial charge in [0.2, 0.25) is 5.91 Å². The minimum absolute atomic E-state index is 0.135. The molecule has 2 aliphatic heterocycles. The maximum absolute atomic E-state index is 12.3. The van der Waals surface area contributed by atoms with E-state index in [4.69, 9.17) is 0 Å². The number of nitrogens with zero attached hydrogens (tertiary/aromatic N) is 3. The van der Waals surface area contributed by atoms with Crippen LogP contribution in [0.25, 0.3) is 0 Å². The van der Waals surface area contributed by atoms with E-state index in [1.807, 2.05) is 14.1 Å². The van der Waals surface area contributed by atoms with Crippen LogP contribution in [0.3, 0.4) is 0 Å². The van der Waals surface area contributed by atoms with Gasteiger partial charge in [-0.05, 0) is 53.0 Å². The van der Waals surface area contributed by atoms with Crippen LogP contribution in [0.5, 0.6) is 0 Å². The van der Waals surface area contributed by atoms with Crippen molar-refractivity contribution in [3.63, 3.8) is 0 Å². The van der Waals surface area contributed by atoms with Crippen LogP contribution in [0.1, 0.15) is 46.5 Å². The molecule has 0 spiro atoms. The summed E-state index contributed by atoms with van der Waals surface area (Å²) in [4.78, 5) is 19.1. The van der Waals surface area contributed by atoms with E-state index in [1.165, 1.54) is 19.3 Å². The Morgan fingerprint density at radius 2 is 1.65 bits per heavy atom. The van der Waals surface area contributed by atoms with E-state index in [1.54, 1.807) is 4.90 Å². The molecule has 2 aliphatic rings. The van der Waals surface area contributed by atoms with Crippen LogP contribution >= 0.6 is 0 Å². The second-order valence-corrected chi connectivity index (χ2v) is 7.52. The highest BCUT2D eigenvalue weighted by molar-refractivity contribution is 5.81. The van der Waals surface area contributed by atoms with Crippen LogP contribution in [0.4, 0.5) is 0 Å². The molecule has 20 heavy (non-hydrogen) atoms. The largest absolute Gasteiger partial charge is 0.347 e. The zero-order chi connectivity index (χ0) is 14.9. The molecule has 0 aromatic rings. The number of hydrogen-bond acceptors (Lipinski definition) is 3. The van der Waals surface area contributed by atoms with Gasteiger partial charge < -0.3 is 4.90 Å². The lowest BCUT2D eigenvalue weighted by Gasteiger charge is -2.44. The minimum Gasteiger partial charge on any atom is -0.347 e. The molecule has 4 nitrogen and oxygen atoms in total. The number of hydrogen-bond donors (Lipinski definition) is 0. The highest BCUT2D eigenvalue weighted by atomic mass is 16.2. The molecule has 0 N–H and O–H groups in total. The van der Waals surface area contributed by atoms with Crippen LogP contribution in [0.15, 0.2) is 0 Å². The Hall–Kier alpha value is -0.610. The molecule has 2 fully saturated rings. The van der Waals surface area contributed by atoms with Gasteiger partial charge in [-0.1, -0.05) is 0 Å². The molecule has 0 aliphatic carbocycles. The van der Waals surface area contributed by atoms with E-state index in [0.717, 1.165) is 26.1 Å². The average Bonchev–Trinajstić information content (AvgIpc) is 2.85. The van der Waals surface area contributed by atoms with Crippen LogP contribution in [-0.2, 0) is 4.79 Å². The lowest BCUT2D eigenvalue weighted by molar-refractivity contribution is -0.134. The molecule has 0 bridgehead atoms. The van der Waals surface area contributed by atoms with Gasteiger partial charge in [0.05, 0.1) is 6.04 Å². The summed E-state index contributed by atoms with van der Waals surface area (Å²) >= 11 is 0. The van der Waals surface area contributed by atoms with Gasteiger partial charge in [-0.2, -0.15) is 0 Å². The Balaban J connectivity index is 1.94. The van der Waals surface area contributed by atoms with Crippen molar-refractivity contribution in [1.82, 2.24) is 14.7 Å². The third kappa shape index (κ3) is 3.34. The number of carbonyl (C=O) groups excluding carboxylic acids is 1. The summed E-state index contributed by atoms with van der Waals surface area (Å²) in [5, 5.41) is 0. The van der Waals surface area contributed by atoms with E-state index in [2.05, 4.69) is 30.6 Å². The van der Waals surface area contributed by atoms with Crippen LogP contribution in [-0.4, -0.2) is 72.0 Å². The second-order valence-electron chi connectivity index (χ2n) is 7.52. The van der Waals surface area contributed by atoms with Crippen molar-refractivity contribution in [3.05, 3.63) is 0 Å². The van der Waals surface area contributed by atoms with Crippen molar-refractivity contribution in [2.24, 2.45) is 0 Å². The van der Waals surface area contributed by atoms with E-state index in [0.29, 0.717) is 11.9 Å². The molecule has 0 radical (unpaired) electrons. The first-order valence-corrected chi connectivity index (χ1v) is 8.02. The summed E-state index contributed by atoms with van der Waals surface area (Å²) in [6, 6.07) is 0.737. The Kier molecular flexibility index (Phi) is 4.75. The summed E-state index contributed by atoms with van der Waals surface area (Å²) in [6.07, 6.45) is 4.61. The molecular formula is C16H31N3O. The lowest BCUT2D eigenvalue weighted by Crippen LogP contribution is -2.54. The number of amides is 1. The van der Waals surface area contributed by atoms with Crippen molar-refractivity contribution in [2.45, 2.75) is 64.1 Å². The van der Waals surface area contributed by atoms with Gasteiger partial charge >= 0.3 is 0 Å². The summed E-state index contributed by atoms with van der Waals surface area (Å²) < 4.78 is 0. The topological polar surface area (TPSA) is 26.8 Å². The fourth-order valence-electron chi connectivity index (χ4n) is 3.66. The summed E-state index contributed by atoms with van der Waals surface area (Å²) in [7, 11) is 3.75. The zero-order valence-corrected chi connectivity index (χ0v) is 13.9. The fourth-order valence-corrected chi connectivity index (χ4v) is 3.66. The maximum Gasteiger partial charge on any atom is 0.239 e. The van der Waals surface area contributed by atoms with Gasteiger partial charge in [-0.15, -0.1) is 0 Å². The summed E-state index contributed by atoms with van der Waals surface area (Å²) in [5.74, 6) is 0.292. The minimum atomic E-state index is 0.135. The van der Waals surface area contributed by atoms with E-state index < -0.39 is 0 Å².